The summed E-state index contributed by atoms with van der Waals surface area (Å²) in [6, 6.07) is 0. The van der Waals surface area contributed by atoms with Gasteiger partial charge in [-0.15, -0.1) is 0 Å². The minimum Gasteiger partial charge on any atom is -0.475 e. The predicted molar refractivity (Wildman–Crippen MR) is 64.2 cm³/mol. The summed E-state index contributed by atoms with van der Waals surface area (Å²) in [4.78, 5) is 38.6. The third kappa shape index (κ3) is 6.85. The minimum atomic E-state index is -5.31. The Morgan fingerprint density at radius 2 is 1.64 bits per heavy atom. The zero-order valence-electron chi connectivity index (χ0n) is 10.9. The quantitative estimate of drug-likeness (QED) is 0.155. The maximum Gasteiger partial charge on any atom is 0.469 e. The van der Waals surface area contributed by atoms with Crippen molar-refractivity contribution in [2.45, 2.75) is 37.0 Å². The Hall–Kier alpha value is -0.980. The molecule has 0 radical (unpaired) electrons. The van der Waals surface area contributed by atoms with Crippen molar-refractivity contribution in [2.75, 3.05) is 6.61 Å². The second-order valence-electron chi connectivity index (χ2n) is 4.24. The van der Waals surface area contributed by atoms with Crippen LogP contribution in [0.25, 0.3) is 0 Å². The van der Waals surface area contributed by atoms with E-state index in [-0.39, 0.29) is 0 Å². The second-order valence-corrected chi connectivity index (χ2v) is 5.43. The van der Waals surface area contributed by atoms with Crippen LogP contribution in [0.3, 0.4) is 0 Å². The fourth-order valence-corrected chi connectivity index (χ4v) is 1.96. The summed E-state index contributed by atoms with van der Waals surface area (Å²) >= 11 is 0. The van der Waals surface area contributed by atoms with Crippen molar-refractivity contribution in [3.05, 3.63) is 0 Å². The number of hydrogen-bond donors (Lipinski definition) is 7. The van der Waals surface area contributed by atoms with E-state index >= 15 is 0 Å². The number of alkyl halides is 1. The Morgan fingerprint density at radius 1 is 1.14 bits per heavy atom. The summed E-state index contributed by atoms with van der Waals surface area (Å²) in [7, 11) is -5.31. The van der Waals surface area contributed by atoms with Crippen LogP contribution in [0.4, 0.5) is 4.39 Å². The van der Waals surface area contributed by atoms with Crippen LogP contribution in [0.2, 0.25) is 0 Å². The van der Waals surface area contributed by atoms with E-state index < -0.39 is 63.2 Å². The van der Waals surface area contributed by atoms with Gasteiger partial charge in [-0.2, -0.15) is 0 Å². The lowest BCUT2D eigenvalue weighted by Crippen LogP contribution is -2.49. The van der Waals surface area contributed by atoms with Gasteiger partial charge in [0, 0.05) is 6.42 Å². The van der Waals surface area contributed by atoms with E-state index in [1.165, 1.54) is 0 Å². The van der Waals surface area contributed by atoms with Crippen molar-refractivity contribution in [1.82, 2.24) is 0 Å². The predicted octanol–water partition coefficient (Wildman–Crippen LogP) is -3.08. The molecule has 0 unspecified atom stereocenters. The number of aliphatic hydroxyl groups is 4. The topological polar surface area (TPSA) is 202 Å². The normalized spacial score (nSPS) is 19.0. The molecule has 0 aliphatic carbocycles. The fraction of sp³-hybridized carbons (Fsp3) is 0.778. The lowest BCUT2D eigenvalue weighted by molar-refractivity contribution is -0.152. The molecule has 0 amide bonds. The zero-order chi connectivity index (χ0) is 17.7. The summed E-state index contributed by atoms with van der Waals surface area (Å²) < 4.78 is 28.1. The molecule has 0 aliphatic rings. The molecule has 0 aliphatic heterocycles. The molecule has 0 heterocycles. The highest BCUT2D eigenvalue weighted by Gasteiger charge is 2.40. The number of aliphatic hydroxyl groups excluding tert-OH is 4. The first kappa shape index (κ1) is 21.0. The van der Waals surface area contributed by atoms with Crippen molar-refractivity contribution in [2.24, 2.45) is 0 Å². The zero-order valence-corrected chi connectivity index (χ0v) is 11.8. The van der Waals surface area contributed by atoms with Gasteiger partial charge in [0.2, 0.25) is 5.78 Å². The standard InChI is InChI=1S/C9H16FO11P/c10-6(4(13)2-11)8(15)7(14)5(21-22(18,19)20)1-3(12)9(16)17/h4-8,11,13-15H,1-2H2,(H,16,17)(H2,18,19,20)/t4-,5+,6-,7-,8+/m1/s1. The number of carbonyl (C=O) groups excluding carboxylic acids is 1. The average Bonchev–Trinajstić information content (AvgIpc) is 2.41. The maximum atomic E-state index is 13.5. The Morgan fingerprint density at radius 3 is 2.00 bits per heavy atom. The third-order valence-corrected chi connectivity index (χ3v) is 3.05. The van der Waals surface area contributed by atoms with Gasteiger partial charge in [-0.25, -0.2) is 13.8 Å². The summed E-state index contributed by atoms with van der Waals surface area (Å²) in [6.07, 6.45) is -13.3. The van der Waals surface area contributed by atoms with Crippen LogP contribution in [0.15, 0.2) is 0 Å². The van der Waals surface area contributed by atoms with E-state index in [1.54, 1.807) is 0 Å². The van der Waals surface area contributed by atoms with Gasteiger partial charge in [-0.05, 0) is 0 Å². The Kier molecular flexibility index (Phi) is 8.22. The first-order chi connectivity index (χ1) is 9.90. The molecule has 0 rings (SSSR count). The highest BCUT2D eigenvalue weighted by Crippen LogP contribution is 2.39. The monoisotopic (exact) mass is 350 g/mol. The van der Waals surface area contributed by atoms with E-state index in [4.69, 9.17) is 25.1 Å². The molecule has 11 nitrogen and oxygen atoms in total. The third-order valence-electron chi connectivity index (χ3n) is 2.51. The number of phosphoric ester groups is 1. The van der Waals surface area contributed by atoms with Gasteiger partial charge in [0.1, 0.15) is 24.4 Å². The van der Waals surface area contributed by atoms with E-state index in [0.717, 1.165) is 0 Å². The maximum absolute atomic E-state index is 13.5. The molecule has 22 heavy (non-hydrogen) atoms. The molecule has 0 saturated heterocycles. The summed E-state index contributed by atoms with van der Waals surface area (Å²) in [5.41, 5.74) is 0. The SMILES string of the molecule is O=C(O)C(=O)C[C@H](OP(=O)(O)O)[C@@H](O)[C@@H](O)[C@H](F)[C@H](O)CO. The first-order valence-corrected chi connectivity index (χ1v) is 7.23. The number of ketones is 1. The van der Waals surface area contributed by atoms with Crippen LogP contribution in [-0.2, 0) is 18.7 Å². The lowest BCUT2D eigenvalue weighted by atomic mass is 9.97. The molecule has 0 fully saturated rings. The van der Waals surface area contributed by atoms with Crippen LogP contribution < -0.4 is 0 Å². The number of Topliss-reactive ketones (excluding diaryl/α,β-unsaturated/α-hetero) is 1. The van der Waals surface area contributed by atoms with Crippen LogP contribution >= 0.6 is 7.82 Å². The van der Waals surface area contributed by atoms with Gasteiger partial charge in [0.05, 0.1) is 6.61 Å². The highest BCUT2D eigenvalue weighted by molar-refractivity contribution is 7.46. The van der Waals surface area contributed by atoms with Crippen molar-refractivity contribution in [3.63, 3.8) is 0 Å². The average molecular weight is 350 g/mol. The van der Waals surface area contributed by atoms with Crippen LogP contribution in [0, 0.1) is 0 Å². The van der Waals surface area contributed by atoms with Crippen molar-refractivity contribution in [3.8, 4) is 0 Å². The van der Waals surface area contributed by atoms with Gasteiger partial charge in [-0.3, -0.25) is 9.32 Å². The highest BCUT2D eigenvalue weighted by atomic mass is 31.2. The van der Waals surface area contributed by atoms with E-state index in [9.17, 15) is 28.8 Å². The number of aliphatic carboxylic acids is 1. The number of halogens is 1. The number of carboxylic acids is 1. The molecule has 13 heteroatoms. The molecule has 7 N–H and O–H groups in total. The molecular weight excluding hydrogens is 334 g/mol. The van der Waals surface area contributed by atoms with Gasteiger partial charge in [-0.1, -0.05) is 0 Å². The summed E-state index contributed by atoms with van der Waals surface area (Å²) in [6.45, 7) is -1.14. The van der Waals surface area contributed by atoms with Gasteiger partial charge < -0.3 is 35.3 Å². The van der Waals surface area contributed by atoms with Crippen LogP contribution in [0.5, 0.6) is 0 Å². The van der Waals surface area contributed by atoms with E-state index in [0.29, 0.717) is 0 Å². The summed E-state index contributed by atoms with van der Waals surface area (Å²) in [5, 5.41) is 44.9. The molecule has 0 bridgehead atoms. The van der Waals surface area contributed by atoms with Gasteiger partial charge >= 0.3 is 13.8 Å². The molecule has 0 aromatic carbocycles. The van der Waals surface area contributed by atoms with Crippen LogP contribution in [0.1, 0.15) is 6.42 Å². The fourth-order valence-electron chi connectivity index (χ4n) is 1.40. The molecule has 0 saturated carbocycles. The Balaban J connectivity index is 5.17. The molecule has 5 atom stereocenters. The van der Waals surface area contributed by atoms with Crippen LogP contribution in [-0.4, -0.2) is 84.3 Å². The van der Waals surface area contributed by atoms with Crippen molar-refractivity contribution in [1.29, 1.82) is 0 Å². The Bertz CT molecular complexity index is 437. The number of phosphoric acid groups is 1. The molecular formula is C9H16FO11P. The summed E-state index contributed by atoms with van der Waals surface area (Å²) in [5.74, 6) is -3.63. The first-order valence-electron chi connectivity index (χ1n) is 5.70. The van der Waals surface area contributed by atoms with E-state index in [2.05, 4.69) is 4.52 Å². The number of carbonyl (C=O) groups is 2. The molecule has 0 aromatic heterocycles. The largest absolute Gasteiger partial charge is 0.475 e. The number of carboxylic acid groups (broad SMARTS) is 1. The van der Waals surface area contributed by atoms with Crippen molar-refractivity contribution < 1.29 is 58.4 Å². The van der Waals surface area contributed by atoms with Gasteiger partial charge in [0.15, 0.2) is 6.17 Å². The number of rotatable bonds is 10. The smallest absolute Gasteiger partial charge is 0.469 e. The van der Waals surface area contributed by atoms with E-state index in [1.807, 2.05) is 0 Å². The number of hydrogen-bond acceptors (Lipinski definition) is 8. The second kappa shape index (κ2) is 8.60. The van der Waals surface area contributed by atoms with Gasteiger partial charge in [0.25, 0.3) is 0 Å². The molecule has 0 aromatic rings. The lowest BCUT2D eigenvalue weighted by Gasteiger charge is -2.29. The minimum absolute atomic E-state index is 1.14. The Labute approximate surface area is 122 Å². The molecule has 0 spiro atoms. The van der Waals surface area contributed by atoms with Crippen molar-refractivity contribution >= 4 is 19.6 Å². The molecule has 130 valence electrons.